The van der Waals surface area contributed by atoms with Crippen LogP contribution in [0.4, 0.5) is 0 Å². The lowest BCUT2D eigenvalue weighted by Gasteiger charge is -2.51. The molecule has 2 unspecified atom stereocenters. The highest BCUT2D eigenvalue weighted by Gasteiger charge is 2.45. The zero-order valence-corrected chi connectivity index (χ0v) is 31.2. The molecule has 7 aromatic rings. The van der Waals surface area contributed by atoms with Crippen molar-refractivity contribution in [1.82, 2.24) is 15.0 Å². The van der Waals surface area contributed by atoms with Crippen molar-refractivity contribution in [2.24, 2.45) is 17.8 Å². The lowest BCUT2D eigenvalue weighted by molar-refractivity contribution is 0.0790. The molecule has 0 saturated heterocycles. The second-order valence-corrected chi connectivity index (χ2v) is 16.0. The summed E-state index contributed by atoms with van der Waals surface area (Å²) in [6.07, 6.45) is 6.49. The third kappa shape index (κ3) is 6.58. The molecule has 0 amide bonds. The van der Waals surface area contributed by atoms with Crippen molar-refractivity contribution < 1.29 is 0 Å². The number of fused-ring (bicyclic) bond motifs is 3. The molecule has 2 aliphatic carbocycles. The Labute approximate surface area is 323 Å². The SMILES string of the molecule is C[C@@H]1CC2C[C@H](C)CC(c3ccc(-c4cc(-c5ccc(C#N)cc5)cc(-c5nc(-c6ccccc6)nc(-c6ccc(C#N)cc6)n5)c4)c4ccccc34)(C2)C1. The van der Waals surface area contributed by atoms with Gasteiger partial charge in [-0.05, 0) is 148 Å². The first-order valence-electron chi connectivity index (χ1n) is 19.4. The minimum absolute atomic E-state index is 0.203. The van der Waals surface area contributed by atoms with Crippen molar-refractivity contribution in [3.63, 3.8) is 0 Å². The molecular formula is C50H41N5. The van der Waals surface area contributed by atoms with Crippen LogP contribution in [-0.2, 0) is 5.41 Å². The van der Waals surface area contributed by atoms with E-state index >= 15 is 0 Å². The molecule has 5 heteroatoms. The molecule has 2 fully saturated rings. The van der Waals surface area contributed by atoms with Gasteiger partial charge in [0, 0.05) is 16.7 Å². The van der Waals surface area contributed by atoms with Gasteiger partial charge in [0.25, 0.3) is 0 Å². The Morgan fingerprint density at radius 3 is 1.62 bits per heavy atom. The van der Waals surface area contributed by atoms with Gasteiger partial charge < -0.3 is 0 Å². The Morgan fingerprint density at radius 1 is 0.491 bits per heavy atom. The quantitative estimate of drug-likeness (QED) is 0.171. The molecule has 55 heavy (non-hydrogen) atoms. The summed E-state index contributed by atoms with van der Waals surface area (Å²) < 4.78 is 0. The zero-order valence-electron chi connectivity index (χ0n) is 31.2. The van der Waals surface area contributed by atoms with E-state index in [0.29, 0.717) is 28.6 Å². The zero-order chi connectivity index (χ0) is 37.5. The van der Waals surface area contributed by atoms with E-state index in [1.54, 1.807) is 12.1 Å². The Balaban J connectivity index is 1.25. The van der Waals surface area contributed by atoms with Gasteiger partial charge in [-0.3, -0.25) is 0 Å². The molecule has 0 radical (unpaired) electrons. The lowest BCUT2D eigenvalue weighted by atomic mass is 9.54. The molecule has 4 atom stereocenters. The Bertz CT molecular complexity index is 2610. The molecule has 0 spiro atoms. The minimum Gasteiger partial charge on any atom is -0.208 e. The molecule has 0 aliphatic heterocycles. The smallest absolute Gasteiger partial charge is 0.164 e. The van der Waals surface area contributed by atoms with Crippen molar-refractivity contribution in [2.75, 3.05) is 0 Å². The molecule has 6 aromatic carbocycles. The van der Waals surface area contributed by atoms with Crippen LogP contribution in [0.3, 0.4) is 0 Å². The Morgan fingerprint density at radius 2 is 1.00 bits per heavy atom. The highest BCUT2D eigenvalue weighted by molar-refractivity contribution is 6.00. The van der Waals surface area contributed by atoms with E-state index in [1.807, 2.05) is 66.7 Å². The van der Waals surface area contributed by atoms with Crippen molar-refractivity contribution in [3.8, 4) is 68.6 Å². The van der Waals surface area contributed by atoms with E-state index in [1.165, 1.54) is 54.0 Å². The molecule has 1 aromatic heterocycles. The Kier molecular flexibility index (Phi) is 8.80. The van der Waals surface area contributed by atoms with Crippen LogP contribution in [0.25, 0.3) is 67.2 Å². The van der Waals surface area contributed by atoms with E-state index in [-0.39, 0.29) is 5.41 Å². The fourth-order valence-electron chi connectivity index (χ4n) is 9.91. The second kappa shape index (κ2) is 14.1. The molecule has 266 valence electrons. The average molecular weight is 712 g/mol. The summed E-state index contributed by atoms with van der Waals surface area (Å²) in [7, 11) is 0. The van der Waals surface area contributed by atoms with Gasteiger partial charge >= 0.3 is 0 Å². The van der Waals surface area contributed by atoms with Gasteiger partial charge in [-0.1, -0.05) is 92.7 Å². The molecular weight excluding hydrogens is 671 g/mol. The number of rotatable bonds is 6. The van der Waals surface area contributed by atoms with Crippen molar-refractivity contribution >= 4 is 10.8 Å². The van der Waals surface area contributed by atoms with E-state index in [0.717, 1.165) is 51.1 Å². The predicted molar refractivity (Wildman–Crippen MR) is 221 cm³/mol. The van der Waals surface area contributed by atoms with Crippen molar-refractivity contribution in [1.29, 1.82) is 10.5 Å². The van der Waals surface area contributed by atoms with Gasteiger partial charge in [-0.2, -0.15) is 10.5 Å². The maximum atomic E-state index is 9.57. The Hall–Kier alpha value is -6.43. The highest BCUT2D eigenvalue weighted by Crippen LogP contribution is 2.55. The fraction of sp³-hybridized carbons (Fsp3) is 0.220. The fourth-order valence-corrected chi connectivity index (χ4v) is 9.91. The number of benzene rings is 6. The minimum atomic E-state index is 0.203. The lowest BCUT2D eigenvalue weighted by Crippen LogP contribution is -2.42. The molecule has 5 nitrogen and oxygen atoms in total. The summed E-state index contributed by atoms with van der Waals surface area (Å²) >= 11 is 0. The summed E-state index contributed by atoms with van der Waals surface area (Å²) in [5, 5.41) is 21.6. The molecule has 2 bridgehead atoms. The van der Waals surface area contributed by atoms with Gasteiger partial charge in [0.05, 0.1) is 23.3 Å². The van der Waals surface area contributed by atoms with E-state index in [2.05, 4.69) is 80.6 Å². The first-order valence-corrected chi connectivity index (χ1v) is 19.4. The third-order valence-corrected chi connectivity index (χ3v) is 11.9. The van der Waals surface area contributed by atoms with E-state index in [4.69, 9.17) is 15.0 Å². The molecule has 0 N–H and O–H groups in total. The molecule has 2 saturated carbocycles. The first kappa shape index (κ1) is 34.3. The normalized spacial score (nSPS) is 20.4. The second-order valence-electron chi connectivity index (χ2n) is 16.0. The van der Waals surface area contributed by atoms with Crippen LogP contribution in [-0.4, -0.2) is 15.0 Å². The summed E-state index contributed by atoms with van der Waals surface area (Å²) in [6.45, 7) is 4.92. The summed E-state index contributed by atoms with van der Waals surface area (Å²) in [6, 6.07) is 50.0. The van der Waals surface area contributed by atoms with Crippen LogP contribution in [0.2, 0.25) is 0 Å². The maximum Gasteiger partial charge on any atom is 0.164 e. The molecule has 9 rings (SSSR count). The number of hydrogen-bond acceptors (Lipinski definition) is 5. The van der Waals surface area contributed by atoms with Gasteiger partial charge in [0.15, 0.2) is 17.5 Å². The number of hydrogen-bond donors (Lipinski definition) is 0. The average Bonchev–Trinajstić information content (AvgIpc) is 3.22. The maximum absolute atomic E-state index is 9.57. The highest BCUT2D eigenvalue weighted by atomic mass is 15.0. The predicted octanol–water partition coefficient (Wildman–Crippen LogP) is 12.2. The van der Waals surface area contributed by atoms with Crippen LogP contribution in [0.5, 0.6) is 0 Å². The van der Waals surface area contributed by atoms with Gasteiger partial charge in [0.2, 0.25) is 0 Å². The van der Waals surface area contributed by atoms with Crippen LogP contribution in [0.1, 0.15) is 62.6 Å². The monoisotopic (exact) mass is 711 g/mol. The third-order valence-electron chi connectivity index (χ3n) is 11.9. The number of nitrogens with zero attached hydrogens (tertiary/aromatic N) is 5. The van der Waals surface area contributed by atoms with Crippen LogP contribution in [0, 0.1) is 40.4 Å². The number of nitriles is 2. The van der Waals surface area contributed by atoms with Crippen molar-refractivity contribution in [3.05, 3.63) is 150 Å². The van der Waals surface area contributed by atoms with Crippen LogP contribution >= 0.6 is 0 Å². The molecule has 2 aliphatic rings. The summed E-state index contributed by atoms with van der Waals surface area (Å²) in [5.41, 5.74) is 9.73. The van der Waals surface area contributed by atoms with Gasteiger partial charge in [-0.25, -0.2) is 15.0 Å². The summed E-state index contributed by atoms with van der Waals surface area (Å²) in [4.78, 5) is 15.1. The largest absolute Gasteiger partial charge is 0.208 e. The topological polar surface area (TPSA) is 86.2 Å². The van der Waals surface area contributed by atoms with E-state index in [9.17, 15) is 10.5 Å². The van der Waals surface area contributed by atoms with Crippen LogP contribution < -0.4 is 0 Å². The van der Waals surface area contributed by atoms with Gasteiger partial charge in [-0.15, -0.1) is 0 Å². The number of aromatic nitrogens is 3. The van der Waals surface area contributed by atoms with Crippen LogP contribution in [0.15, 0.2) is 133 Å². The molecule has 1 heterocycles. The van der Waals surface area contributed by atoms with Crippen molar-refractivity contribution in [2.45, 2.75) is 51.4 Å². The van der Waals surface area contributed by atoms with E-state index < -0.39 is 0 Å². The van der Waals surface area contributed by atoms with Gasteiger partial charge in [0.1, 0.15) is 0 Å². The standard InChI is InChI=1S/C50H41N5/c1-32-22-36-23-33(2)28-50(27-32,29-36)46-21-20-43(44-10-6-7-11-45(44)46)41-24-40(37-16-12-34(30-51)13-17-37)25-42(26-41)49-54-47(38-8-4-3-5-9-38)53-48(55-49)39-18-14-35(31-52)15-19-39/h3-21,24-26,32-33,36H,22-23,27-29H2,1-2H3/t32-,33+,36?,50?. The first-order chi connectivity index (χ1) is 26.9. The summed E-state index contributed by atoms with van der Waals surface area (Å²) in [5.74, 6) is 3.93.